The van der Waals surface area contributed by atoms with E-state index >= 15 is 0 Å². The molecule has 1 aromatic rings. The number of nitrogens with zero attached hydrogens (tertiary/aromatic N) is 1. The van der Waals surface area contributed by atoms with Crippen LogP contribution in [0.25, 0.3) is 0 Å². The molecule has 122 valence electrons. The second-order valence-corrected chi connectivity index (χ2v) is 7.66. The van der Waals surface area contributed by atoms with Gasteiger partial charge >= 0.3 is 0 Å². The molecule has 0 aromatic heterocycles. The number of nitrogens with one attached hydrogen (secondary N) is 1. The molecule has 1 N–H and O–H groups in total. The Morgan fingerprint density at radius 2 is 1.77 bits per heavy atom. The predicted molar refractivity (Wildman–Crippen MR) is 75.9 cm³/mol. The molecule has 2 aliphatic rings. The maximum absolute atomic E-state index is 13.3. The van der Waals surface area contributed by atoms with Crippen molar-refractivity contribution in [3.05, 3.63) is 29.8 Å². The number of piperidine rings is 1. The van der Waals surface area contributed by atoms with Crippen molar-refractivity contribution in [2.45, 2.75) is 23.3 Å². The van der Waals surface area contributed by atoms with Crippen LogP contribution in [0.5, 0.6) is 0 Å². The number of ether oxygens (including phenoxy) is 1. The smallest absolute Gasteiger partial charge is 0.243 e. The van der Waals surface area contributed by atoms with Crippen LogP contribution in [0.15, 0.2) is 23.1 Å². The van der Waals surface area contributed by atoms with E-state index in [0.29, 0.717) is 6.07 Å². The fraction of sp³-hybridized carbons (Fsp3) is 0.571. The lowest BCUT2D eigenvalue weighted by molar-refractivity contribution is -0.105. The number of morpholine rings is 1. The predicted octanol–water partition coefficient (Wildman–Crippen LogP) is 1.11. The van der Waals surface area contributed by atoms with E-state index in [0.717, 1.165) is 38.1 Å². The zero-order valence-electron chi connectivity index (χ0n) is 12.0. The SMILES string of the molecule is O=S(=O)(c1cc(F)cc(F)c1)N1CCOC2(CCNCC2)C1. The minimum absolute atomic E-state index is 0.190. The van der Waals surface area contributed by atoms with Gasteiger partial charge in [-0.25, -0.2) is 17.2 Å². The zero-order chi connectivity index (χ0) is 15.8. The Kier molecular flexibility index (Phi) is 4.19. The Balaban J connectivity index is 1.88. The van der Waals surface area contributed by atoms with E-state index in [-0.39, 0.29) is 24.6 Å². The van der Waals surface area contributed by atoms with Crippen molar-refractivity contribution >= 4 is 10.0 Å². The van der Waals surface area contributed by atoms with Crippen LogP contribution in [-0.4, -0.2) is 51.1 Å². The van der Waals surface area contributed by atoms with E-state index in [2.05, 4.69) is 5.32 Å². The highest BCUT2D eigenvalue weighted by atomic mass is 32.2. The number of sulfonamides is 1. The van der Waals surface area contributed by atoms with Gasteiger partial charge in [0, 0.05) is 19.2 Å². The highest BCUT2D eigenvalue weighted by Crippen LogP contribution is 2.30. The normalized spacial score (nSPS) is 22.8. The molecule has 22 heavy (non-hydrogen) atoms. The topological polar surface area (TPSA) is 58.6 Å². The fourth-order valence-electron chi connectivity index (χ4n) is 3.03. The third kappa shape index (κ3) is 3.01. The van der Waals surface area contributed by atoms with Gasteiger partial charge in [-0.05, 0) is 38.1 Å². The maximum Gasteiger partial charge on any atom is 0.243 e. The largest absolute Gasteiger partial charge is 0.372 e. The van der Waals surface area contributed by atoms with Crippen LogP contribution < -0.4 is 5.32 Å². The second kappa shape index (κ2) is 5.84. The van der Waals surface area contributed by atoms with Crippen molar-refractivity contribution < 1.29 is 21.9 Å². The summed E-state index contributed by atoms with van der Waals surface area (Å²) in [5.74, 6) is -1.80. The Bertz CT molecular complexity index is 634. The molecule has 2 saturated heterocycles. The van der Waals surface area contributed by atoms with Gasteiger partial charge in [0.25, 0.3) is 0 Å². The summed E-state index contributed by atoms with van der Waals surface area (Å²) >= 11 is 0. The molecule has 0 bridgehead atoms. The third-order valence-electron chi connectivity index (χ3n) is 4.20. The quantitative estimate of drug-likeness (QED) is 0.881. The second-order valence-electron chi connectivity index (χ2n) is 5.73. The standard InChI is InChI=1S/C14H18F2N2O3S/c15-11-7-12(16)9-13(8-11)22(19,20)18-5-6-21-14(10-18)1-3-17-4-2-14/h7-9,17H,1-6,10H2. The number of halogens is 2. The van der Waals surface area contributed by atoms with Gasteiger partial charge in [-0.15, -0.1) is 0 Å². The van der Waals surface area contributed by atoms with Gasteiger partial charge in [0.2, 0.25) is 10.0 Å². The van der Waals surface area contributed by atoms with Crippen LogP contribution in [0.2, 0.25) is 0 Å². The Labute approximate surface area is 128 Å². The highest BCUT2D eigenvalue weighted by molar-refractivity contribution is 7.89. The molecular weight excluding hydrogens is 314 g/mol. The van der Waals surface area contributed by atoms with E-state index in [1.54, 1.807) is 0 Å². The van der Waals surface area contributed by atoms with Gasteiger partial charge in [0.15, 0.2) is 0 Å². The van der Waals surface area contributed by atoms with Crippen molar-refractivity contribution in [2.75, 3.05) is 32.8 Å². The van der Waals surface area contributed by atoms with Crippen LogP contribution in [0.4, 0.5) is 8.78 Å². The molecule has 0 amide bonds. The fourth-order valence-corrected chi connectivity index (χ4v) is 4.57. The van der Waals surface area contributed by atoms with Gasteiger partial charge < -0.3 is 10.1 Å². The summed E-state index contributed by atoms with van der Waals surface area (Å²) in [6.45, 7) is 2.23. The van der Waals surface area contributed by atoms with Crippen molar-refractivity contribution in [3.8, 4) is 0 Å². The van der Waals surface area contributed by atoms with Crippen LogP contribution in [0.1, 0.15) is 12.8 Å². The zero-order valence-corrected chi connectivity index (χ0v) is 12.8. The Morgan fingerprint density at radius 1 is 1.14 bits per heavy atom. The first-order valence-electron chi connectivity index (χ1n) is 7.22. The first-order valence-corrected chi connectivity index (χ1v) is 8.66. The van der Waals surface area contributed by atoms with Crippen molar-refractivity contribution in [2.24, 2.45) is 0 Å². The van der Waals surface area contributed by atoms with Crippen LogP contribution in [0, 0.1) is 11.6 Å². The minimum Gasteiger partial charge on any atom is -0.372 e. The maximum atomic E-state index is 13.3. The van der Waals surface area contributed by atoms with Crippen LogP contribution in [-0.2, 0) is 14.8 Å². The molecule has 1 spiro atoms. The average Bonchev–Trinajstić information content (AvgIpc) is 2.47. The molecular formula is C14H18F2N2O3S. The Hall–Kier alpha value is -1.09. The van der Waals surface area contributed by atoms with Crippen molar-refractivity contribution in [1.29, 1.82) is 0 Å². The molecule has 2 heterocycles. The van der Waals surface area contributed by atoms with E-state index < -0.39 is 27.3 Å². The Morgan fingerprint density at radius 3 is 2.41 bits per heavy atom. The van der Waals surface area contributed by atoms with E-state index in [4.69, 9.17) is 4.74 Å². The molecule has 0 atom stereocenters. The first kappa shape index (κ1) is 15.8. The number of hydrogen-bond acceptors (Lipinski definition) is 4. The third-order valence-corrected chi connectivity index (χ3v) is 6.03. The molecule has 0 saturated carbocycles. The average molecular weight is 332 g/mol. The van der Waals surface area contributed by atoms with Crippen molar-refractivity contribution in [3.63, 3.8) is 0 Å². The summed E-state index contributed by atoms with van der Waals surface area (Å²) in [7, 11) is -3.93. The van der Waals surface area contributed by atoms with Crippen LogP contribution >= 0.6 is 0 Å². The number of benzene rings is 1. The van der Waals surface area contributed by atoms with Gasteiger partial charge in [0.1, 0.15) is 11.6 Å². The molecule has 2 aliphatic heterocycles. The van der Waals surface area contributed by atoms with Gasteiger partial charge in [-0.3, -0.25) is 0 Å². The summed E-state index contributed by atoms with van der Waals surface area (Å²) in [4.78, 5) is -0.351. The number of hydrogen-bond donors (Lipinski definition) is 1. The van der Waals surface area contributed by atoms with Gasteiger partial charge in [0.05, 0.1) is 17.1 Å². The summed E-state index contributed by atoms with van der Waals surface area (Å²) < 4.78 is 59.0. The molecule has 5 nitrogen and oxygen atoms in total. The monoisotopic (exact) mass is 332 g/mol. The van der Waals surface area contributed by atoms with Gasteiger partial charge in [-0.1, -0.05) is 0 Å². The minimum atomic E-state index is -3.93. The summed E-state index contributed by atoms with van der Waals surface area (Å²) in [5, 5.41) is 3.21. The molecule has 2 fully saturated rings. The first-order chi connectivity index (χ1) is 10.4. The lowest BCUT2D eigenvalue weighted by Crippen LogP contribution is -2.57. The summed E-state index contributed by atoms with van der Waals surface area (Å²) in [5.41, 5.74) is -0.498. The summed E-state index contributed by atoms with van der Waals surface area (Å²) in [6.07, 6.45) is 1.44. The molecule has 1 aromatic carbocycles. The van der Waals surface area contributed by atoms with Gasteiger partial charge in [-0.2, -0.15) is 4.31 Å². The highest BCUT2D eigenvalue weighted by Gasteiger charge is 2.42. The summed E-state index contributed by atoms with van der Waals surface area (Å²) in [6, 6.07) is 2.36. The van der Waals surface area contributed by atoms with E-state index in [9.17, 15) is 17.2 Å². The number of rotatable bonds is 2. The lowest BCUT2D eigenvalue weighted by Gasteiger charge is -2.44. The molecule has 0 radical (unpaired) electrons. The van der Waals surface area contributed by atoms with E-state index in [1.165, 1.54) is 4.31 Å². The molecule has 0 aliphatic carbocycles. The van der Waals surface area contributed by atoms with E-state index in [1.807, 2.05) is 0 Å². The molecule has 3 rings (SSSR count). The lowest BCUT2D eigenvalue weighted by atomic mass is 9.91. The molecule has 8 heteroatoms. The van der Waals surface area contributed by atoms with Crippen molar-refractivity contribution in [1.82, 2.24) is 9.62 Å². The van der Waals surface area contributed by atoms with Crippen LogP contribution in [0.3, 0.4) is 0 Å². The molecule has 0 unspecified atom stereocenters.